The minimum Gasteiger partial charge on any atom is -0.351 e. The summed E-state index contributed by atoms with van der Waals surface area (Å²) in [6.07, 6.45) is 6.72. The van der Waals surface area contributed by atoms with Gasteiger partial charge in [-0.25, -0.2) is 9.97 Å². The average Bonchev–Trinajstić information content (AvgIpc) is 3.21. The van der Waals surface area contributed by atoms with E-state index in [2.05, 4.69) is 29.4 Å². The summed E-state index contributed by atoms with van der Waals surface area (Å²) in [6.45, 7) is 7.78. The van der Waals surface area contributed by atoms with Crippen LogP contribution in [0.4, 0.5) is 11.5 Å². The number of aromatic nitrogens is 2. The Hall–Kier alpha value is -2.16. The van der Waals surface area contributed by atoms with Crippen molar-refractivity contribution >= 4 is 50.7 Å². The highest BCUT2D eigenvalue weighted by atomic mass is 32.2. The first-order valence-corrected chi connectivity index (χ1v) is 13.4. The first-order chi connectivity index (χ1) is 15.6. The number of hydrogen-bond acceptors (Lipinski definition) is 7. The number of thiophene rings is 1. The Labute approximate surface area is 198 Å². The molecule has 1 amide bonds. The summed E-state index contributed by atoms with van der Waals surface area (Å²) in [6, 6.07) is 7.63. The van der Waals surface area contributed by atoms with Crippen molar-refractivity contribution in [2.45, 2.75) is 44.7 Å². The lowest BCUT2D eigenvalue weighted by molar-refractivity contribution is 0.0949. The Morgan fingerprint density at radius 3 is 2.59 bits per heavy atom. The fourth-order valence-corrected chi connectivity index (χ4v) is 5.81. The van der Waals surface area contributed by atoms with E-state index in [0.29, 0.717) is 12.1 Å². The van der Waals surface area contributed by atoms with Crippen LogP contribution in [0.5, 0.6) is 0 Å². The van der Waals surface area contributed by atoms with Gasteiger partial charge in [0.2, 0.25) is 0 Å². The van der Waals surface area contributed by atoms with Gasteiger partial charge in [-0.1, -0.05) is 25.6 Å². The van der Waals surface area contributed by atoms with Gasteiger partial charge in [0.1, 0.15) is 10.6 Å². The normalized spacial score (nSPS) is 13.4. The van der Waals surface area contributed by atoms with Crippen LogP contribution in [0.15, 0.2) is 29.4 Å². The quantitative estimate of drug-likeness (QED) is 0.335. The Balaban J connectivity index is 1.50. The number of anilines is 2. The lowest BCUT2D eigenvalue weighted by Gasteiger charge is -2.18. The standard InChI is InChI=1S/C24H31N5OS2/c1-4-29(5-2)15-14-25-22(30)16-10-12-17(13-11-16)26-21-20-18-8-6-7-9-19(18)32-23(20)28-24(27-21)31-3/h10-13H,4-9,14-15H2,1-3H3,(H,25,30)(H,26,27,28). The van der Waals surface area contributed by atoms with E-state index < -0.39 is 0 Å². The second-order valence-corrected chi connectivity index (χ2v) is 9.79. The van der Waals surface area contributed by atoms with Crippen molar-refractivity contribution in [2.75, 3.05) is 37.8 Å². The number of carbonyl (C=O) groups is 1. The van der Waals surface area contributed by atoms with Crippen LogP contribution in [0, 0.1) is 0 Å². The molecule has 0 bridgehead atoms. The fraction of sp³-hybridized carbons (Fsp3) is 0.458. The lowest BCUT2D eigenvalue weighted by Crippen LogP contribution is -2.34. The third-order valence-electron chi connectivity index (χ3n) is 5.99. The SMILES string of the molecule is CCN(CC)CCNC(=O)c1ccc(Nc2nc(SC)nc3sc4c(c23)CCCC4)cc1. The van der Waals surface area contributed by atoms with Gasteiger partial charge in [0.15, 0.2) is 5.16 Å². The third kappa shape index (κ3) is 5.08. The van der Waals surface area contributed by atoms with Crippen molar-refractivity contribution in [1.82, 2.24) is 20.2 Å². The topological polar surface area (TPSA) is 70.2 Å². The minimum atomic E-state index is -0.0373. The highest BCUT2D eigenvalue weighted by Gasteiger charge is 2.21. The largest absolute Gasteiger partial charge is 0.351 e. The molecule has 6 nitrogen and oxygen atoms in total. The van der Waals surface area contributed by atoms with Gasteiger partial charge in [0.05, 0.1) is 5.39 Å². The van der Waals surface area contributed by atoms with E-state index in [4.69, 9.17) is 9.97 Å². The van der Waals surface area contributed by atoms with Crippen molar-refractivity contribution in [1.29, 1.82) is 0 Å². The first kappa shape index (κ1) is 23.0. The molecule has 0 fully saturated rings. The second kappa shape index (κ2) is 10.6. The smallest absolute Gasteiger partial charge is 0.251 e. The van der Waals surface area contributed by atoms with Crippen LogP contribution < -0.4 is 10.6 Å². The van der Waals surface area contributed by atoms with Crippen LogP contribution in [0.25, 0.3) is 10.2 Å². The number of likely N-dealkylation sites (N-methyl/N-ethyl adjacent to an activating group) is 1. The molecule has 1 aliphatic rings. The van der Waals surface area contributed by atoms with Crippen molar-refractivity contribution in [3.05, 3.63) is 40.3 Å². The summed E-state index contributed by atoms with van der Waals surface area (Å²) in [7, 11) is 0. The number of benzene rings is 1. The average molecular weight is 470 g/mol. The van der Waals surface area contributed by atoms with Gasteiger partial charge < -0.3 is 15.5 Å². The molecule has 32 heavy (non-hydrogen) atoms. The monoisotopic (exact) mass is 469 g/mol. The summed E-state index contributed by atoms with van der Waals surface area (Å²) in [4.78, 5) is 26.9. The van der Waals surface area contributed by atoms with Crippen LogP contribution in [-0.4, -0.2) is 53.2 Å². The first-order valence-electron chi connectivity index (χ1n) is 11.4. The predicted octanol–water partition coefficient (Wildman–Crippen LogP) is 5.11. The van der Waals surface area contributed by atoms with Crippen LogP contribution in [-0.2, 0) is 12.8 Å². The van der Waals surface area contributed by atoms with E-state index in [0.717, 1.165) is 54.0 Å². The molecule has 0 aliphatic heterocycles. The van der Waals surface area contributed by atoms with E-state index >= 15 is 0 Å². The van der Waals surface area contributed by atoms with E-state index in [1.165, 1.54) is 28.7 Å². The number of nitrogens with one attached hydrogen (secondary N) is 2. The molecule has 4 rings (SSSR count). The number of rotatable bonds is 9. The zero-order valence-corrected chi connectivity index (χ0v) is 20.7. The molecular formula is C24H31N5OS2. The molecule has 2 heterocycles. The van der Waals surface area contributed by atoms with Gasteiger partial charge in [-0.15, -0.1) is 11.3 Å². The van der Waals surface area contributed by atoms with Crippen molar-refractivity contribution in [3.63, 3.8) is 0 Å². The number of aryl methyl sites for hydroxylation is 2. The van der Waals surface area contributed by atoms with Gasteiger partial charge in [-0.2, -0.15) is 0 Å². The summed E-state index contributed by atoms with van der Waals surface area (Å²) in [5, 5.41) is 8.46. The van der Waals surface area contributed by atoms with Crippen LogP contribution in [0.2, 0.25) is 0 Å². The molecule has 1 aliphatic carbocycles. The maximum atomic E-state index is 12.5. The molecule has 8 heteroatoms. The zero-order chi connectivity index (χ0) is 22.5. The van der Waals surface area contributed by atoms with E-state index in [1.807, 2.05) is 41.9 Å². The molecule has 0 saturated carbocycles. The minimum absolute atomic E-state index is 0.0373. The number of thioether (sulfide) groups is 1. The molecule has 0 saturated heterocycles. The van der Waals surface area contributed by atoms with Crippen molar-refractivity contribution < 1.29 is 4.79 Å². The summed E-state index contributed by atoms with van der Waals surface area (Å²) in [5.74, 6) is 0.833. The van der Waals surface area contributed by atoms with E-state index in [9.17, 15) is 4.79 Å². The van der Waals surface area contributed by atoms with Gasteiger partial charge in [-0.3, -0.25) is 4.79 Å². The molecule has 0 radical (unpaired) electrons. The van der Waals surface area contributed by atoms with Gasteiger partial charge in [0.25, 0.3) is 5.91 Å². The van der Waals surface area contributed by atoms with E-state index in [1.54, 1.807) is 11.8 Å². The maximum Gasteiger partial charge on any atom is 0.251 e. The van der Waals surface area contributed by atoms with Crippen LogP contribution in [0.1, 0.15) is 47.5 Å². The summed E-state index contributed by atoms with van der Waals surface area (Å²) < 4.78 is 0. The molecule has 0 atom stereocenters. The van der Waals surface area contributed by atoms with Crippen molar-refractivity contribution in [3.8, 4) is 0 Å². The highest BCUT2D eigenvalue weighted by molar-refractivity contribution is 7.98. The Kier molecular flexibility index (Phi) is 7.65. The number of carbonyl (C=O) groups excluding carboxylic acids is 1. The second-order valence-electron chi connectivity index (χ2n) is 7.94. The van der Waals surface area contributed by atoms with Gasteiger partial charge in [-0.05, 0) is 74.9 Å². The zero-order valence-electron chi connectivity index (χ0n) is 19.0. The summed E-state index contributed by atoms with van der Waals surface area (Å²) in [5.41, 5.74) is 3.00. The Bertz CT molecular complexity index is 1080. The van der Waals surface area contributed by atoms with Crippen LogP contribution >= 0.6 is 23.1 Å². The van der Waals surface area contributed by atoms with Crippen molar-refractivity contribution in [2.24, 2.45) is 0 Å². The molecule has 2 aromatic heterocycles. The highest BCUT2D eigenvalue weighted by Crippen LogP contribution is 2.40. The number of amides is 1. The molecule has 2 N–H and O–H groups in total. The number of hydrogen-bond donors (Lipinski definition) is 2. The summed E-state index contributed by atoms with van der Waals surface area (Å²) >= 11 is 3.37. The Morgan fingerprint density at radius 2 is 1.88 bits per heavy atom. The number of fused-ring (bicyclic) bond motifs is 3. The Morgan fingerprint density at radius 1 is 1.12 bits per heavy atom. The predicted molar refractivity (Wildman–Crippen MR) is 136 cm³/mol. The van der Waals surface area contributed by atoms with Gasteiger partial charge >= 0.3 is 0 Å². The van der Waals surface area contributed by atoms with Gasteiger partial charge in [0, 0.05) is 29.2 Å². The number of nitrogens with zero attached hydrogens (tertiary/aromatic N) is 3. The lowest BCUT2D eigenvalue weighted by atomic mass is 9.97. The maximum absolute atomic E-state index is 12.5. The van der Waals surface area contributed by atoms with E-state index in [-0.39, 0.29) is 5.91 Å². The third-order valence-corrected chi connectivity index (χ3v) is 7.73. The molecule has 1 aromatic carbocycles. The molecule has 0 spiro atoms. The van der Waals surface area contributed by atoms with Crippen LogP contribution in [0.3, 0.4) is 0 Å². The molecular weight excluding hydrogens is 438 g/mol. The fourth-order valence-electron chi connectivity index (χ4n) is 4.13. The molecule has 0 unspecified atom stereocenters. The molecule has 170 valence electrons. The molecule has 3 aromatic rings.